The lowest BCUT2D eigenvalue weighted by Gasteiger charge is -1.93. The smallest absolute Gasteiger partial charge is 0.257 e. The van der Waals surface area contributed by atoms with Crippen molar-refractivity contribution in [2.45, 2.75) is 6.54 Å². The molecule has 0 atom stereocenters. The van der Waals surface area contributed by atoms with Gasteiger partial charge in [0.25, 0.3) is 5.89 Å². The molecule has 0 aliphatic rings. The molecule has 0 aliphatic heterocycles. The second-order valence-corrected chi connectivity index (χ2v) is 3.93. The summed E-state index contributed by atoms with van der Waals surface area (Å²) in [6, 6.07) is 7.15. The summed E-state index contributed by atoms with van der Waals surface area (Å²) in [4.78, 5) is 5.61. The van der Waals surface area contributed by atoms with E-state index in [1.54, 1.807) is 12.1 Å². The molecule has 1 aromatic carbocycles. The normalized spacial score (nSPS) is 10.7. The first-order valence-electron chi connectivity index (χ1n) is 5.10. The quantitative estimate of drug-likeness (QED) is 0.710. The van der Waals surface area contributed by atoms with E-state index in [9.17, 15) is 0 Å². The predicted molar refractivity (Wildman–Crippen MR) is 61.7 cm³/mol. The van der Waals surface area contributed by atoms with Gasteiger partial charge in [0, 0.05) is 10.6 Å². The minimum absolute atomic E-state index is 0.317. The number of rotatable bonds is 3. The fraction of sp³-hybridized carbons (Fsp3) is 0.100. The number of aromatic nitrogens is 6. The maximum atomic E-state index is 5.81. The molecule has 2 heterocycles. The van der Waals surface area contributed by atoms with E-state index in [0.717, 1.165) is 5.56 Å². The van der Waals surface area contributed by atoms with Gasteiger partial charge >= 0.3 is 0 Å². The Morgan fingerprint density at radius 2 is 2.06 bits per heavy atom. The van der Waals surface area contributed by atoms with Gasteiger partial charge in [-0.3, -0.25) is 0 Å². The molecule has 0 amide bonds. The van der Waals surface area contributed by atoms with Crippen molar-refractivity contribution in [2.75, 3.05) is 0 Å². The molecular formula is C10H7ClN6O. The maximum Gasteiger partial charge on any atom is 0.257 e. The van der Waals surface area contributed by atoms with Gasteiger partial charge in [-0.2, -0.15) is 9.78 Å². The van der Waals surface area contributed by atoms with Crippen molar-refractivity contribution < 1.29 is 4.52 Å². The molecule has 3 aromatic rings. The van der Waals surface area contributed by atoms with Gasteiger partial charge in [0.1, 0.15) is 6.54 Å². The zero-order valence-corrected chi connectivity index (χ0v) is 9.82. The Hall–Kier alpha value is -2.28. The van der Waals surface area contributed by atoms with Crippen molar-refractivity contribution in [3.63, 3.8) is 0 Å². The van der Waals surface area contributed by atoms with Crippen molar-refractivity contribution in [3.8, 4) is 11.5 Å². The number of nitrogens with zero attached hydrogens (tertiary/aromatic N) is 6. The Bertz CT molecular complexity index is 633. The third-order valence-electron chi connectivity index (χ3n) is 2.23. The molecule has 0 aliphatic carbocycles. The second-order valence-electron chi connectivity index (χ2n) is 3.49. The summed E-state index contributed by atoms with van der Waals surface area (Å²) in [5.74, 6) is 0.916. The molecule has 8 heteroatoms. The number of tetrazole rings is 1. The van der Waals surface area contributed by atoms with Crippen molar-refractivity contribution in [3.05, 3.63) is 41.4 Å². The molecule has 0 N–H and O–H groups in total. The van der Waals surface area contributed by atoms with Gasteiger partial charge in [-0.05, 0) is 29.5 Å². The second kappa shape index (κ2) is 4.53. The molecule has 7 nitrogen and oxygen atoms in total. The van der Waals surface area contributed by atoms with Crippen LogP contribution in [0.15, 0.2) is 35.1 Å². The summed E-state index contributed by atoms with van der Waals surface area (Å²) in [5, 5.41) is 15.7. The monoisotopic (exact) mass is 262 g/mol. The maximum absolute atomic E-state index is 5.81. The van der Waals surface area contributed by atoms with Crippen molar-refractivity contribution in [1.82, 2.24) is 30.3 Å². The van der Waals surface area contributed by atoms with E-state index in [4.69, 9.17) is 16.1 Å². The lowest BCUT2D eigenvalue weighted by atomic mass is 10.2. The van der Waals surface area contributed by atoms with Gasteiger partial charge in [-0.1, -0.05) is 16.8 Å². The third-order valence-corrected chi connectivity index (χ3v) is 2.49. The lowest BCUT2D eigenvalue weighted by Crippen LogP contribution is -2.05. The van der Waals surface area contributed by atoms with Crippen LogP contribution in [-0.4, -0.2) is 30.3 Å². The summed E-state index contributed by atoms with van der Waals surface area (Å²) in [6.07, 6.45) is 1.35. The summed E-state index contributed by atoms with van der Waals surface area (Å²) in [6.45, 7) is 0.317. The molecule has 0 bridgehead atoms. The van der Waals surface area contributed by atoms with Crippen molar-refractivity contribution in [1.29, 1.82) is 0 Å². The molecule has 0 saturated carbocycles. The minimum atomic E-state index is 0.317. The molecule has 0 spiro atoms. The van der Waals surface area contributed by atoms with Crippen LogP contribution in [-0.2, 0) is 6.54 Å². The Labute approximate surface area is 106 Å². The van der Waals surface area contributed by atoms with Gasteiger partial charge in [0.15, 0.2) is 12.2 Å². The van der Waals surface area contributed by atoms with Crippen LogP contribution in [0.3, 0.4) is 0 Å². The van der Waals surface area contributed by atoms with E-state index in [2.05, 4.69) is 25.6 Å². The number of halogens is 1. The fourth-order valence-electron chi connectivity index (χ4n) is 1.42. The standard InChI is InChI=1S/C10H7ClN6O/c11-8-3-1-7(2-4-8)10-14-9(15-18-10)5-17-13-6-12-16-17/h1-4,6H,5H2. The van der Waals surface area contributed by atoms with E-state index in [1.165, 1.54) is 11.1 Å². The van der Waals surface area contributed by atoms with Gasteiger partial charge in [-0.15, -0.1) is 10.2 Å². The first-order valence-corrected chi connectivity index (χ1v) is 5.48. The Morgan fingerprint density at radius 1 is 1.22 bits per heavy atom. The molecule has 0 saturated heterocycles. The van der Waals surface area contributed by atoms with E-state index < -0.39 is 0 Å². The van der Waals surface area contributed by atoms with Crippen LogP contribution in [0.2, 0.25) is 5.02 Å². The van der Waals surface area contributed by atoms with Gasteiger partial charge in [-0.25, -0.2) is 0 Å². The zero-order chi connectivity index (χ0) is 12.4. The Morgan fingerprint density at radius 3 is 2.78 bits per heavy atom. The van der Waals surface area contributed by atoms with Gasteiger partial charge < -0.3 is 4.52 Å². The van der Waals surface area contributed by atoms with Gasteiger partial charge in [0.05, 0.1) is 0 Å². The predicted octanol–water partition coefficient (Wildman–Crippen LogP) is 1.42. The van der Waals surface area contributed by atoms with Crippen molar-refractivity contribution in [2.24, 2.45) is 0 Å². The van der Waals surface area contributed by atoms with E-state index in [-0.39, 0.29) is 0 Å². The van der Waals surface area contributed by atoms with E-state index in [0.29, 0.717) is 23.3 Å². The lowest BCUT2D eigenvalue weighted by molar-refractivity contribution is 0.415. The highest BCUT2D eigenvalue weighted by atomic mass is 35.5. The SMILES string of the molecule is Clc1ccc(-c2nc(Cn3ncnn3)no2)cc1. The molecular weight excluding hydrogens is 256 g/mol. The summed E-state index contributed by atoms with van der Waals surface area (Å²) in [5.41, 5.74) is 0.810. The van der Waals surface area contributed by atoms with Gasteiger partial charge in [0.2, 0.25) is 0 Å². The molecule has 2 aromatic heterocycles. The fourth-order valence-corrected chi connectivity index (χ4v) is 1.54. The third kappa shape index (κ3) is 2.21. The van der Waals surface area contributed by atoms with E-state index >= 15 is 0 Å². The average molecular weight is 263 g/mol. The highest BCUT2D eigenvalue weighted by Crippen LogP contribution is 2.19. The first-order chi connectivity index (χ1) is 8.81. The Balaban J connectivity index is 1.83. The van der Waals surface area contributed by atoms with Crippen LogP contribution in [0.4, 0.5) is 0 Å². The largest absolute Gasteiger partial charge is 0.334 e. The topological polar surface area (TPSA) is 82.5 Å². The average Bonchev–Trinajstić information content (AvgIpc) is 3.02. The first kappa shape index (κ1) is 10.8. The van der Waals surface area contributed by atoms with Crippen LogP contribution in [0, 0.1) is 0 Å². The Kier molecular flexibility index (Phi) is 2.73. The van der Waals surface area contributed by atoms with Crippen LogP contribution in [0.5, 0.6) is 0 Å². The molecule has 90 valence electrons. The number of hydrogen-bond donors (Lipinski definition) is 0. The summed E-state index contributed by atoms with van der Waals surface area (Å²) < 4.78 is 5.15. The number of benzene rings is 1. The minimum Gasteiger partial charge on any atom is -0.334 e. The van der Waals surface area contributed by atoms with Crippen molar-refractivity contribution >= 4 is 11.6 Å². The zero-order valence-electron chi connectivity index (χ0n) is 9.06. The van der Waals surface area contributed by atoms with Crippen LogP contribution < -0.4 is 0 Å². The van der Waals surface area contributed by atoms with E-state index in [1.807, 2.05) is 12.1 Å². The van der Waals surface area contributed by atoms with Crippen LogP contribution in [0.25, 0.3) is 11.5 Å². The van der Waals surface area contributed by atoms with Crippen LogP contribution in [0.1, 0.15) is 5.82 Å². The molecule has 0 radical (unpaired) electrons. The summed E-state index contributed by atoms with van der Waals surface area (Å²) in [7, 11) is 0. The molecule has 18 heavy (non-hydrogen) atoms. The number of hydrogen-bond acceptors (Lipinski definition) is 6. The molecule has 0 fully saturated rings. The highest BCUT2D eigenvalue weighted by molar-refractivity contribution is 6.30. The molecule has 3 rings (SSSR count). The summed E-state index contributed by atoms with van der Waals surface area (Å²) >= 11 is 5.81. The van der Waals surface area contributed by atoms with Crippen LogP contribution >= 0.6 is 11.6 Å². The highest BCUT2D eigenvalue weighted by Gasteiger charge is 2.09. The molecule has 0 unspecified atom stereocenters.